The van der Waals surface area contributed by atoms with E-state index in [0.29, 0.717) is 6.54 Å². The molecule has 0 bridgehead atoms. The first-order chi connectivity index (χ1) is 9.49. The van der Waals surface area contributed by atoms with Crippen molar-refractivity contribution in [2.45, 2.75) is 52.5 Å². The number of benzene rings is 1. The van der Waals surface area contributed by atoms with Gasteiger partial charge in [-0.15, -0.1) is 0 Å². The topological polar surface area (TPSA) is 55.1 Å². The van der Waals surface area contributed by atoms with Gasteiger partial charge in [-0.3, -0.25) is 4.79 Å². The Morgan fingerprint density at radius 3 is 2.70 bits per heavy atom. The van der Waals surface area contributed by atoms with E-state index in [1.807, 2.05) is 13.8 Å². The zero-order valence-electron chi connectivity index (χ0n) is 13.0. The zero-order chi connectivity index (χ0) is 15.0. The largest absolute Gasteiger partial charge is 0.356 e. The predicted octanol–water partition coefficient (Wildman–Crippen LogP) is 2.81. The molecule has 0 aromatic heterocycles. The monoisotopic (exact) mass is 276 g/mol. The van der Waals surface area contributed by atoms with E-state index in [2.05, 4.69) is 36.5 Å². The van der Waals surface area contributed by atoms with E-state index in [1.54, 1.807) is 0 Å². The summed E-state index contributed by atoms with van der Waals surface area (Å²) in [6, 6.07) is 8.64. The van der Waals surface area contributed by atoms with Crippen molar-refractivity contribution in [1.29, 1.82) is 0 Å². The van der Waals surface area contributed by atoms with Crippen LogP contribution in [0.5, 0.6) is 0 Å². The molecular formula is C17H28N2O. The van der Waals surface area contributed by atoms with Crippen molar-refractivity contribution in [1.82, 2.24) is 5.32 Å². The molecular weight excluding hydrogens is 248 g/mol. The fourth-order valence-corrected chi connectivity index (χ4v) is 2.25. The standard InChI is InChI=1S/C17H28N2O/c1-13-6-4-9-16(12-13)10-11-19-17(20)14(2)7-5-8-15(3)18/h4,6,9,12,14-15H,5,7-8,10-11,18H2,1-3H3,(H,19,20). The smallest absolute Gasteiger partial charge is 0.222 e. The van der Waals surface area contributed by atoms with Gasteiger partial charge >= 0.3 is 0 Å². The molecule has 0 spiro atoms. The van der Waals surface area contributed by atoms with Crippen LogP contribution >= 0.6 is 0 Å². The van der Waals surface area contributed by atoms with Gasteiger partial charge in [-0.05, 0) is 38.7 Å². The number of hydrogen-bond donors (Lipinski definition) is 2. The Balaban J connectivity index is 2.22. The summed E-state index contributed by atoms with van der Waals surface area (Å²) in [5.74, 6) is 0.230. The average Bonchev–Trinajstić information content (AvgIpc) is 2.38. The molecule has 1 aromatic rings. The maximum absolute atomic E-state index is 11.9. The third kappa shape index (κ3) is 6.71. The van der Waals surface area contributed by atoms with Crippen LogP contribution in [0.15, 0.2) is 24.3 Å². The lowest BCUT2D eigenvalue weighted by Gasteiger charge is -2.13. The summed E-state index contributed by atoms with van der Waals surface area (Å²) in [6.45, 7) is 6.79. The summed E-state index contributed by atoms with van der Waals surface area (Å²) < 4.78 is 0. The molecule has 2 unspecified atom stereocenters. The van der Waals surface area contributed by atoms with Gasteiger partial charge in [0.25, 0.3) is 0 Å². The van der Waals surface area contributed by atoms with Crippen molar-refractivity contribution in [3.8, 4) is 0 Å². The first-order valence-corrected chi connectivity index (χ1v) is 7.58. The van der Waals surface area contributed by atoms with Crippen LogP contribution in [-0.2, 0) is 11.2 Å². The van der Waals surface area contributed by atoms with Gasteiger partial charge in [-0.1, -0.05) is 43.2 Å². The zero-order valence-corrected chi connectivity index (χ0v) is 13.0. The number of hydrogen-bond acceptors (Lipinski definition) is 2. The third-order valence-electron chi connectivity index (χ3n) is 3.54. The molecule has 3 heteroatoms. The second-order valence-electron chi connectivity index (χ2n) is 5.84. The Labute approximate surface area is 122 Å². The molecule has 112 valence electrons. The molecule has 20 heavy (non-hydrogen) atoms. The lowest BCUT2D eigenvalue weighted by atomic mass is 10.0. The molecule has 0 heterocycles. The fourth-order valence-electron chi connectivity index (χ4n) is 2.25. The van der Waals surface area contributed by atoms with E-state index in [9.17, 15) is 4.79 Å². The number of carbonyl (C=O) groups is 1. The molecule has 3 nitrogen and oxygen atoms in total. The molecule has 1 rings (SSSR count). The normalized spacial score (nSPS) is 13.8. The Kier molecular flexibility index (Phi) is 7.31. The first kappa shape index (κ1) is 16.7. The molecule has 1 amide bonds. The van der Waals surface area contributed by atoms with E-state index >= 15 is 0 Å². The highest BCUT2D eigenvalue weighted by atomic mass is 16.1. The van der Waals surface area contributed by atoms with E-state index in [0.717, 1.165) is 25.7 Å². The maximum Gasteiger partial charge on any atom is 0.222 e. The minimum atomic E-state index is 0.0752. The molecule has 2 atom stereocenters. The van der Waals surface area contributed by atoms with E-state index in [4.69, 9.17) is 5.73 Å². The maximum atomic E-state index is 11.9. The van der Waals surface area contributed by atoms with Crippen LogP contribution in [0.1, 0.15) is 44.2 Å². The van der Waals surface area contributed by atoms with Gasteiger partial charge in [0.05, 0.1) is 0 Å². The second kappa shape index (κ2) is 8.75. The van der Waals surface area contributed by atoms with Crippen molar-refractivity contribution in [2.24, 2.45) is 11.7 Å². The Morgan fingerprint density at radius 1 is 1.30 bits per heavy atom. The number of nitrogens with two attached hydrogens (primary N) is 1. The first-order valence-electron chi connectivity index (χ1n) is 7.58. The molecule has 0 radical (unpaired) electrons. The highest BCUT2D eigenvalue weighted by molar-refractivity contribution is 5.78. The quantitative estimate of drug-likeness (QED) is 0.767. The molecule has 0 aliphatic heterocycles. The van der Waals surface area contributed by atoms with Gasteiger partial charge in [0, 0.05) is 18.5 Å². The SMILES string of the molecule is Cc1cccc(CCNC(=O)C(C)CCCC(C)N)c1. The minimum absolute atomic E-state index is 0.0752. The van der Waals surface area contributed by atoms with Crippen molar-refractivity contribution >= 4 is 5.91 Å². The predicted molar refractivity (Wildman–Crippen MR) is 84.6 cm³/mol. The molecule has 0 fully saturated rings. The van der Waals surface area contributed by atoms with Crippen molar-refractivity contribution < 1.29 is 4.79 Å². The van der Waals surface area contributed by atoms with Gasteiger partial charge < -0.3 is 11.1 Å². The van der Waals surface area contributed by atoms with Crippen molar-refractivity contribution in [2.75, 3.05) is 6.54 Å². The molecule has 0 aliphatic carbocycles. The lowest BCUT2D eigenvalue weighted by molar-refractivity contribution is -0.124. The molecule has 0 aliphatic rings. The number of aryl methyl sites for hydroxylation is 1. The van der Waals surface area contributed by atoms with Crippen LogP contribution in [0.3, 0.4) is 0 Å². The lowest BCUT2D eigenvalue weighted by Crippen LogP contribution is -2.31. The summed E-state index contributed by atoms with van der Waals surface area (Å²) in [4.78, 5) is 11.9. The van der Waals surface area contributed by atoms with E-state index in [-0.39, 0.29) is 17.9 Å². The van der Waals surface area contributed by atoms with E-state index in [1.165, 1.54) is 11.1 Å². The van der Waals surface area contributed by atoms with Gasteiger partial charge in [-0.25, -0.2) is 0 Å². The van der Waals surface area contributed by atoms with Crippen molar-refractivity contribution in [3.63, 3.8) is 0 Å². The van der Waals surface area contributed by atoms with Crippen LogP contribution in [0.2, 0.25) is 0 Å². The molecule has 0 saturated carbocycles. The highest BCUT2D eigenvalue weighted by Gasteiger charge is 2.12. The Bertz CT molecular complexity index is 415. The van der Waals surface area contributed by atoms with Gasteiger partial charge in [0.2, 0.25) is 5.91 Å². The number of carbonyl (C=O) groups excluding carboxylic acids is 1. The van der Waals surface area contributed by atoms with E-state index < -0.39 is 0 Å². The average molecular weight is 276 g/mol. The molecule has 3 N–H and O–H groups in total. The summed E-state index contributed by atoms with van der Waals surface area (Å²) in [6.07, 6.45) is 3.81. The Morgan fingerprint density at radius 2 is 2.05 bits per heavy atom. The highest BCUT2D eigenvalue weighted by Crippen LogP contribution is 2.09. The number of nitrogens with one attached hydrogen (secondary N) is 1. The van der Waals surface area contributed by atoms with Crippen LogP contribution in [0.25, 0.3) is 0 Å². The molecule has 1 aromatic carbocycles. The van der Waals surface area contributed by atoms with Gasteiger partial charge in [-0.2, -0.15) is 0 Å². The van der Waals surface area contributed by atoms with Crippen LogP contribution in [0, 0.1) is 12.8 Å². The van der Waals surface area contributed by atoms with Crippen LogP contribution in [-0.4, -0.2) is 18.5 Å². The van der Waals surface area contributed by atoms with Crippen LogP contribution in [0.4, 0.5) is 0 Å². The number of amides is 1. The van der Waals surface area contributed by atoms with Crippen LogP contribution < -0.4 is 11.1 Å². The third-order valence-corrected chi connectivity index (χ3v) is 3.54. The second-order valence-corrected chi connectivity index (χ2v) is 5.84. The summed E-state index contributed by atoms with van der Waals surface area (Å²) >= 11 is 0. The Hall–Kier alpha value is -1.35. The summed E-state index contributed by atoms with van der Waals surface area (Å²) in [7, 11) is 0. The minimum Gasteiger partial charge on any atom is -0.356 e. The number of rotatable bonds is 8. The molecule has 0 saturated heterocycles. The summed E-state index contributed by atoms with van der Waals surface area (Å²) in [5.41, 5.74) is 8.25. The fraction of sp³-hybridized carbons (Fsp3) is 0.588. The van der Waals surface area contributed by atoms with Gasteiger partial charge in [0.1, 0.15) is 0 Å². The van der Waals surface area contributed by atoms with Gasteiger partial charge in [0.15, 0.2) is 0 Å². The van der Waals surface area contributed by atoms with Crippen molar-refractivity contribution in [3.05, 3.63) is 35.4 Å². The summed E-state index contributed by atoms with van der Waals surface area (Å²) in [5, 5.41) is 3.02.